The van der Waals surface area contributed by atoms with Crippen LogP contribution < -0.4 is 19.8 Å². The van der Waals surface area contributed by atoms with Gasteiger partial charge in [0.15, 0.2) is 10.7 Å². The van der Waals surface area contributed by atoms with Crippen molar-refractivity contribution in [3.63, 3.8) is 0 Å². The molecule has 0 spiro atoms. The lowest BCUT2D eigenvalue weighted by molar-refractivity contribution is -0.139. The number of ether oxygens (including phenoxy) is 1. The molecule has 5 rings (SSSR count). The molecule has 0 unspecified atom stereocenters. The highest BCUT2D eigenvalue weighted by Gasteiger charge is 2.33. The van der Waals surface area contributed by atoms with Gasteiger partial charge in [-0.05, 0) is 32.5 Å². The van der Waals surface area contributed by atoms with Crippen LogP contribution in [0.3, 0.4) is 0 Å². The third kappa shape index (κ3) is 4.49. The maximum Gasteiger partial charge on any atom is 0.338 e. The van der Waals surface area contributed by atoms with E-state index in [4.69, 9.17) is 9.15 Å². The number of esters is 1. The van der Waals surface area contributed by atoms with Gasteiger partial charge in [-0.1, -0.05) is 41.7 Å². The first-order valence-corrected chi connectivity index (χ1v) is 12.6. The van der Waals surface area contributed by atoms with Crippen molar-refractivity contribution in [3.8, 4) is 0 Å². The lowest BCUT2D eigenvalue weighted by Crippen LogP contribution is -2.44. The molecule has 1 aromatic carbocycles. The summed E-state index contributed by atoms with van der Waals surface area (Å²) in [5.41, 5.74) is 1.55. The summed E-state index contributed by atoms with van der Waals surface area (Å²) in [6, 6.07) is 12.7. The molecule has 2 aliphatic rings. The number of anilines is 1. The summed E-state index contributed by atoms with van der Waals surface area (Å²) >= 11 is 1.29. The fraction of sp³-hybridized carbons (Fsp3) is 0.346. The lowest BCUT2D eigenvalue weighted by Gasteiger charge is -2.32. The van der Waals surface area contributed by atoms with Crippen LogP contribution in [0.1, 0.15) is 31.2 Å². The molecular formula is C26H28N4O4S. The Bertz CT molecular complexity index is 1440. The molecule has 0 aliphatic carbocycles. The predicted molar refractivity (Wildman–Crippen MR) is 135 cm³/mol. The second-order valence-corrected chi connectivity index (χ2v) is 9.69. The van der Waals surface area contributed by atoms with Crippen molar-refractivity contribution in [2.24, 2.45) is 4.99 Å². The third-order valence-electron chi connectivity index (χ3n) is 6.33. The number of thiazole rings is 1. The first-order valence-electron chi connectivity index (χ1n) is 11.7. The van der Waals surface area contributed by atoms with Crippen LogP contribution in [-0.4, -0.2) is 55.3 Å². The van der Waals surface area contributed by atoms with E-state index >= 15 is 0 Å². The number of carbonyl (C=O) groups is 1. The van der Waals surface area contributed by atoms with Gasteiger partial charge in [0, 0.05) is 38.3 Å². The smallest absolute Gasteiger partial charge is 0.338 e. The van der Waals surface area contributed by atoms with Gasteiger partial charge < -0.3 is 19.0 Å². The minimum Gasteiger partial charge on any atom is -0.463 e. The summed E-state index contributed by atoms with van der Waals surface area (Å²) in [4.78, 5) is 36.2. The number of carbonyl (C=O) groups excluding carboxylic acids is 1. The molecule has 3 aromatic rings. The van der Waals surface area contributed by atoms with Crippen molar-refractivity contribution in [2.75, 3.05) is 44.7 Å². The molecule has 0 saturated carbocycles. The normalized spacial score (nSPS) is 19.0. The van der Waals surface area contributed by atoms with E-state index in [0.29, 0.717) is 26.4 Å². The van der Waals surface area contributed by atoms with Gasteiger partial charge in [0.1, 0.15) is 5.76 Å². The number of likely N-dealkylation sites (N-methyl/N-ethyl adjacent to an activating group) is 1. The van der Waals surface area contributed by atoms with E-state index in [0.717, 1.165) is 37.6 Å². The van der Waals surface area contributed by atoms with Crippen LogP contribution in [-0.2, 0) is 9.53 Å². The van der Waals surface area contributed by atoms with Gasteiger partial charge in [0.05, 0.1) is 28.5 Å². The van der Waals surface area contributed by atoms with Crippen LogP contribution in [0.5, 0.6) is 0 Å². The summed E-state index contributed by atoms with van der Waals surface area (Å²) in [5.74, 6) is 0.959. The largest absolute Gasteiger partial charge is 0.463 e. The highest BCUT2D eigenvalue weighted by molar-refractivity contribution is 7.07. The zero-order chi connectivity index (χ0) is 24.5. The van der Waals surface area contributed by atoms with Gasteiger partial charge in [-0.2, -0.15) is 0 Å². The van der Waals surface area contributed by atoms with Crippen molar-refractivity contribution in [1.29, 1.82) is 0 Å². The number of piperazine rings is 1. The van der Waals surface area contributed by atoms with Crippen molar-refractivity contribution in [2.45, 2.75) is 19.9 Å². The predicted octanol–water partition coefficient (Wildman–Crippen LogP) is 2.14. The highest BCUT2D eigenvalue weighted by Crippen LogP contribution is 2.30. The lowest BCUT2D eigenvalue weighted by atomic mass is 9.96. The highest BCUT2D eigenvalue weighted by atomic mass is 32.1. The summed E-state index contributed by atoms with van der Waals surface area (Å²) in [7, 11) is 2.11. The Hall–Kier alpha value is -3.43. The molecule has 8 nitrogen and oxygen atoms in total. The van der Waals surface area contributed by atoms with E-state index in [9.17, 15) is 9.59 Å². The molecule has 35 heavy (non-hydrogen) atoms. The Kier molecular flexibility index (Phi) is 6.44. The molecular weight excluding hydrogens is 464 g/mol. The maximum atomic E-state index is 13.6. The number of furan rings is 1. The van der Waals surface area contributed by atoms with E-state index in [1.165, 1.54) is 11.3 Å². The Labute approximate surface area is 207 Å². The minimum absolute atomic E-state index is 0.213. The van der Waals surface area contributed by atoms with Crippen molar-refractivity contribution < 1.29 is 13.9 Å². The van der Waals surface area contributed by atoms with E-state index in [1.807, 2.05) is 42.5 Å². The molecule has 0 bridgehead atoms. The Morgan fingerprint density at radius 3 is 2.63 bits per heavy atom. The molecule has 4 heterocycles. The molecule has 1 atom stereocenters. The average molecular weight is 493 g/mol. The quantitative estimate of drug-likeness (QED) is 0.508. The number of hydrogen-bond acceptors (Lipinski definition) is 8. The van der Waals surface area contributed by atoms with E-state index in [2.05, 4.69) is 21.8 Å². The van der Waals surface area contributed by atoms with E-state index in [-0.39, 0.29) is 12.2 Å². The molecule has 2 aliphatic heterocycles. The zero-order valence-electron chi connectivity index (χ0n) is 20.1. The molecule has 182 valence electrons. The summed E-state index contributed by atoms with van der Waals surface area (Å²) in [5, 5.41) is 0. The van der Waals surface area contributed by atoms with Crippen molar-refractivity contribution >= 4 is 29.3 Å². The van der Waals surface area contributed by atoms with Gasteiger partial charge in [0.2, 0.25) is 0 Å². The topological polar surface area (TPSA) is 80.3 Å². The molecule has 0 N–H and O–H groups in total. The molecule has 0 radical (unpaired) electrons. The van der Waals surface area contributed by atoms with Gasteiger partial charge in [-0.25, -0.2) is 9.79 Å². The van der Waals surface area contributed by atoms with Crippen LogP contribution in [0.25, 0.3) is 6.08 Å². The molecule has 1 fully saturated rings. The van der Waals surface area contributed by atoms with Gasteiger partial charge in [-0.3, -0.25) is 9.36 Å². The fourth-order valence-electron chi connectivity index (χ4n) is 4.49. The van der Waals surface area contributed by atoms with Crippen LogP contribution in [0.15, 0.2) is 67.9 Å². The molecule has 2 aromatic heterocycles. The number of rotatable bonds is 5. The monoisotopic (exact) mass is 492 g/mol. The molecule has 0 amide bonds. The third-order valence-corrected chi connectivity index (χ3v) is 7.32. The van der Waals surface area contributed by atoms with Crippen LogP contribution >= 0.6 is 11.3 Å². The number of nitrogens with zero attached hydrogens (tertiary/aromatic N) is 4. The Morgan fingerprint density at radius 1 is 1.17 bits per heavy atom. The second kappa shape index (κ2) is 9.67. The summed E-state index contributed by atoms with van der Waals surface area (Å²) in [6.07, 6.45) is 1.76. The number of benzene rings is 1. The van der Waals surface area contributed by atoms with Crippen LogP contribution in [0, 0.1) is 0 Å². The van der Waals surface area contributed by atoms with Gasteiger partial charge in [-0.15, -0.1) is 0 Å². The Morgan fingerprint density at radius 2 is 1.91 bits per heavy atom. The number of hydrogen-bond donors (Lipinski definition) is 0. The summed E-state index contributed by atoms with van der Waals surface area (Å²) in [6.45, 7) is 7.56. The molecule has 1 saturated heterocycles. The van der Waals surface area contributed by atoms with Gasteiger partial charge >= 0.3 is 5.97 Å². The van der Waals surface area contributed by atoms with Crippen molar-refractivity contribution in [3.05, 3.63) is 84.7 Å². The fourth-order valence-corrected chi connectivity index (χ4v) is 5.51. The van der Waals surface area contributed by atoms with E-state index in [1.54, 1.807) is 24.5 Å². The first-order chi connectivity index (χ1) is 17.0. The Balaban J connectivity index is 1.57. The zero-order valence-corrected chi connectivity index (χ0v) is 20.9. The summed E-state index contributed by atoms with van der Waals surface area (Å²) < 4.78 is 13.5. The van der Waals surface area contributed by atoms with E-state index < -0.39 is 12.0 Å². The number of aromatic nitrogens is 1. The average Bonchev–Trinajstić information content (AvgIpc) is 3.44. The first kappa shape index (κ1) is 23.3. The maximum absolute atomic E-state index is 13.6. The van der Waals surface area contributed by atoms with Gasteiger partial charge in [0.25, 0.3) is 5.56 Å². The SMILES string of the molecule is CCOC(=O)C1=C(C)N=c2s/c(=C\c3ccc(N4CCN(C)CC4)o3)c(=O)n2[C@H]1c1ccccc1. The van der Waals surface area contributed by atoms with Crippen LogP contribution in [0.4, 0.5) is 5.88 Å². The molecule has 9 heteroatoms. The standard InChI is InChI=1S/C26H28N4O4S/c1-4-33-25(32)22-17(2)27-26-30(23(22)18-8-6-5-7-9-18)24(31)20(35-26)16-19-10-11-21(34-19)29-14-12-28(3)13-15-29/h5-11,16,23H,4,12-15H2,1-3H3/b20-16-/t23-/m0/s1. The van der Waals surface area contributed by atoms with Crippen LogP contribution in [0.2, 0.25) is 0 Å². The number of fused-ring (bicyclic) bond motifs is 1. The minimum atomic E-state index is -0.605. The number of allylic oxidation sites excluding steroid dienone is 1. The second-order valence-electron chi connectivity index (χ2n) is 8.68. The van der Waals surface area contributed by atoms with Crippen molar-refractivity contribution in [1.82, 2.24) is 9.47 Å².